The van der Waals surface area contributed by atoms with Gasteiger partial charge in [-0.3, -0.25) is 9.89 Å². The number of guanidine groups is 1. The fourth-order valence-corrected chi connectivity index (χ4v) is 4.23. The van der Waals surface area contributed by atoms with Crippen molar-refractivity contribution in [2.24, 2.45) is 10.9 Å². The molecule has 0 bridgehead atoms. The van der Waals surface area contributed by atoms with Gasteiger partial charge in [-0.2, -0.15) is 0 Å². The van der Waals surface area contributed by atoms with Gasteiger partial charge in [0.25, 0.3) is 0 Å². The molecule has 0 spiro atoms. The van der Waals surface area contributed by atoms with Crippen molar-refractivity contribution < 1.29 is 4.74 Å². The first-order valence-corrected chi connectivity index (χ1v) is 10.7. The molecule has 2 aliphatic rings. The number of halogens is 1. The van der Waals surface area contributed by atoms with Crippen molar-refractivity contribution in [2.45, 2.75) is 46.1 Å². The van der Waals surface area contributed by atoms with Gasteiger partial charge in [-0.05, 0) is 58.3 Å². The van der Waals surface area contributed by atoms with E-state index in [2.05, 4.69) is 40.8 Å². The molecule has 6 nitrogen and oxygen atoms in total. The summed E-state index contributed by atoms with van der Waals surface area (Å²) >= 11 is 0. The standard InChI is InChI=1S/C20H41N5O.HI/c1-5-21-20(25-13-10-19(17-25)24(6-2)7-3)22-16-18-8-11-23(12-9-18)14-15-26-4;/h18-19H,5-17H2,1-4H3,(H,21,22);1H. The lowest BCUT2D eigenvalue weighted by Gasteiger charge is -2.31. The van der Waals surface area contributed by atoms with E-state index in [0.717, 1.165) is 64.3 Å². The van der Waals surface area contributed by atoms with Gasteiger partial charge in [0.15, 0.2) is 5.96 Å². The Labute approximate surface area is 184 Å². The second-order valence-corrected chi connectivity index (χ2v) is 7.58. The van der Waals surface area contributed by atoms with Crippen molar-refractivity contribution in [3.8, 4) is 0 Å². The van der Waals surface area contributed by atoms with Crippen molar-refractivity contribution in [1.29, 1.82) is 0 Å². The molecule has 0 radical (unpaired) electrons. The smallest absolute Gasteiger partial charge is 0.193 e. The number of piperidine rings is 1. The lowest BCUT2D eigenvalue weighted by molar-refractivity contribution is 0.121. The number of methoxy groups -OCH3 is 1. The highest BCUT2D eigenvalue weighted by Gasteiger charge is 2.28. The zero-order valence-electron chi connectivity index (χ0n) is 18.0. The highest BCUT2D eigenvalue weighted by atomic mass is 127. The summed E-state index contributed by atoms with van der Waals surface area (Å²) in [6.07, 6.45) is 3.77. The Morgan fingerprint density at radius 1 is 1.11 bits per heavy atom. The Kier molecular flexibility index (Phi) is 12.9. The van der Waals surface area contributed by atoms with E-state index in [1.165, 1.54) is 32.4 Å². The molecule has 0 aromatic rings. The van der Waals surface area contributed by atoms with Crippen LogP contribution in [0.15, 0.2) is 4.99 Å². The van der Waals surface area contributed by atoms with Crippen molar-refractivity contribution in [1.82, 2.24) is 20.0 Å². The second-order valence-electron chi connectivity index (χ2n) is 7.58. The van der Waals surface area contributed by atoms with Gasteiger partial charge in [0.05, 0.1) is 6.61 Å². The maximum atomic E-state index is 5.20. The first kappa shape index (κ1) is 24.9. The lowest BCUT2D eigenvalue weighted by Crippen LogP contribution is -2.43. The molecule has 0 aromatic heterocycles. The summed E-state index contributed by atoms with van der Waals surface area (Å²) in [5, 5.41) is 3.53. The minimum atomic E-state index is 0. The SMILES string of the molecule is CCNC(=NCC1CCN(CCOC)CC1)N1CCC(N(CC)CC)C1.I. The fourth-order valence-electron chi connectivity index (χ4n) is 4.23. The zero-order valence-corrected chi connectivity index (χ0v) is 20.3. The van der Waals surface area contributed by atoms with Crippen LogP contribution in [0.25, 0.3) is 0 Å². The van der Waals surface area contributed by atoms with Crippen molar-refractivity contribution in [3.05, 3.63) is 0 Å². The molecule has 160 valence electrons. The van der Waals surface area contributed by atoms with E-state index in [-0.39, 0.29) is 24.0 Å². The first-order valence-electron chi connectivity index (χ1n) is 10.7. The average Bonchev–Trinajstić information content (AvgIpc) is 3.15. The van der Waals surface area contributed by atoms with Crippen LogP contribution in [0.4, 0.5) is 0 Å². The van der Waals surface area contributed by atoms with Crippen LogP contribution < -0.4 is 5.32 Å². The molecule has 1 atom stereocenters. The van der Waals surface area contributed by atoms with Crippen LogP contribution >= 0.6 is 24.0 Å². The third kappa shape index (κ3) is 8.03. The van der Waals surface area contributed by atoms with E-state index < -0.39 is 0 Å². The number of hydrogen-bond donors (Lipinski definition) is 1. The van der Waals surface area contributed by atoms with Crippen LogP contribution in [-0.2, 0) is 4.74 Å². The predicted molar refractivity (Wildman–Crippen MR) is 125 cm³/mol. The van der Waals surface area contributed by atoms with Crippen LogP contribution in [0.1, 0.15) is 40.0 Å². The van der Waals surface area contributed by atoms with E-state index in [0.29, 0.717) is 6.04 Å². The zero-order chi connectivity index (χ0) is 18.8. The van der Waals surface area contributed by atoms with Gasteiger partial charge in [-0.25, -0.2) is 0 Å². The first-order chi connectivity index (χ1) is 12.7. The molecule has 2 fully saturated rings. The van der Waals surface area contributed by atoms with Crippen LogP contribution in [0.3, 0.4) is 0 Å². The fraction of sp³-hybridized carbons (Fsp3) is 0.950. The number of nitrogens with zero attached hydrogens (tertiary/aromatic N) is 4. The highest BCUT2D eigenvalue weighted by molar-refractivity contribution is 14.0. The van der Waals surface area contributed by atoms with Gasteiger partial charge in [-0.15, -0.1) is 24.0 Å². The number of likely N-dealkylation sites (tertiary alicyclic amines) is 2. The van der Waals surface area contributed by atoms with Crippen LogP contribution in [0.5, 0.6) is 0 Å². The molecule has 0 amide bonds. The monoisotopic (exact) mass is 495 g/mol. The summed E-state index contributed by atoms with van der Waals surface area (Å²) in [4.78, 5) is 12.6. The molecule has 1 unspecified atom stereocenters. The van der Waals surface area contributed by atoms with Crippen molar-refractivity contribution >= 4 is 29.9 Å². The Balaban J connectivity index is 0.00000364. The number of aliphatic imine (C=N–C) groups is 1. The van der Waals surface area contributed by atoms with Crippen LogP contribution in [0.2, 0.25) is 0 Å². The molecule has 2 rings (SSSR count). The maximum absolute atomic E-state index is 5.20. The van der Waals surface area contributed by atoms with E-state index in [9.17, 15) is 0 Å². The van der Waals surface area contributed by atoms with Gasteiger partial charge in [-0.1, -0.05) is 13.8 Å². The summed E-state index contributed by atoms with van der Waals surface area (Å²) in [5.74, 6) is 1.85. The minimum Gasteiger partial charge on any atom is -0.383 e. The molecular formula is C20H42IN5O. The Morgan fingerprint density at radius 3 is 2.41 bits per heavy atom. The molecule has 0 aromatic carbocycles. The maximum Gasteiger partial charge on any atom is 0.193 e. The normalized spacial score (nSPS) is 22.3. The van der Waals surface area contributed by atoms with Crippen molar-refractivity contribution in [3.63, 3.8) is 0 Å². The van der Waals surface area contributed by atoms with Gasteiger partial charge in [0.1, 0.15) is 0 Å². The molecule has 0 saturated carbocycles. The largest absolute Gasteiger partial charge is 0.383 e. The second kappa shape index (κ2) is 14.0. The van der Waals surface area contributed by atoms with Crippen LogP contribution in [-0.4, -0.2) is 99.3 Å². The van der Waals surface area contributed by atoms with E-state index in [1.807, 2.05) is 0 Å². The third-order valence-electron chi connectivity index (χ3n) is 5.94. The summed E-state index contributed by atoms with van der Waals surface area (Å²) < 4.78 is 5.20. The molecule has 2 heterocycles. The van der Waals surface area contributed by atoms with Crippen LogP contribution in [0, 0.1) is 5.92 Å². The Hall–Kier alpha value is -0.120. The summed E-state index contributed by atoms with van der Waals surface area (Å²) in [6.45, 7) is 17.4. The summed E-state index contributed by atoms with van der Waals surface area (Å²) in [7, 11) is 1.78. The third-order valence-corrected chi connectivity index (χ3v) is 5.94. The van der Waals surface area contributed by atoms with Gasteiger partial charge in [0, 0.05) is 45.9 Å². The number of likely N-dealkylation sites (N-methyl/N-ethyl adjacent to an activating group) is 1. The lowest BCUT2D eigenvalue weighted by atomic mass is 9.97. The molecule has 2 aliphatic heterocycles. The summed E-state index contributed by atoms with van der Waals surface area (Å²) in [5.41, 5.74) is 0. The highest BCUT2D eigenvalue weighted by Crippen LogP contribution is 2.19. The topological polar surface area (TPSA) is 43.3 Å². The molecule has 1 N–H and O–H groups in total. The van der Waals surface area contributed by atoms with Gasteiger partial charge >= 0.3 is 0 Å². The van der Waals surface area contributed by atoms with Crippen molar-refractivity contribution in [2.75, 3.05) is 72.6 Å². The van der Waals surface area contributed by atoms with E-state index >= 15 is 0 Å². The van der Waals surface area contributed by atoms with E-state index in [1.54, 1.807) is 7.11 Å². The van der Waals surface area contributed by atoms with Gasteiger partial charge < -0.3 is 19.9 Å². The molecule has 0 aliphatic carbocycles. The number of rotatable bonds is 9. The Bertz CT molecular complexity index is 411. The quantitative estimate of drug-likeness (QED) is 0.302. The molecule has 2 saturated heterocycles. The average molecular weight is 495 g/mol. The summed E-state index contributed by atoms with van der Waals surface area (Å²) in [6, 6.07) is 0.679. The predicted octanol–water partition coefficient (Wildman–Crippen LogP) is 2.34. The molecular weight excluding hydrogens is 453 g/mol. The van der Waals surface area contributed by atoms with Gasteiger partial charge in [0.2, 0.25) is 0 Å². The molecule has 27 heavy (non-hydrogen) atoms. The number of nitrogens with one attached hydrogen (secondary N) is 1. The molecule has 7 heteroatoms. The number of hydrogen-bond acceptors (Lipinski definition) is 4. The van der Waals surface area contributed by atoms with E-state index in [4.69, 9.17) is 9.73 Å². The minimum absolute atomic E-state index is 0. The Morgan fingerprint density at radius 2 is 1.81 bits per heavy atom. The number of ether oxygens (including phenoxy) is 1.